The number of anilines is 1. The molecule has 0 aliphatic heterocycles. The van der Waals surface area contributed by atoms with Gasteiger partial charge in [0.05, 0.1) is 0 Å². The number of rotatable bonds is 2. The molecule has 1 rings (SSSR count). The van der Waals surface area contributed by atoms with Crippen LogP contribution in [0.15, 0.2) is 24.3 Å². The fourth-order valence-corrected chi connectivity index (χ4v) is 1.15. The minimum atomic E-state index is -0.161. The molecule has 1 aromatic carbocycles. The van der Waals surface area contributed by atoms with E-state index in [0.29, 0.717) is 0 Å². The maximum Gasteiger partial charge on any atom is 0.319 e. The molecule has 0 heterocycles. The van der Waals surface area contributed by atoms with Gasteiger partial charge in [-0.2, -0.15) is 0 Å². The largest absolute Gasteiger partial charge is 0.336 e. The minimum absolute atomic E-state index is 0.153. The van der Waals surface area contributed by atoms with Crippen LogP contribution in [-0.4, -0.2) is 12.1 Å². The van der Waals surface area contributed by atoms with Crippen LogP contribution in [0, 0.1) is 6.92 Å². The Labute approximate surface area is 84.5 Å². The van der Waals surface area contributed by atoms with Crippen molar-refractivity contribution in [2.24, 2.45) is 0 Å². The number of hydrogen-bond donors (Lipinski definition) is 2. The van der Waals surface area contributed by atoms with Crippen LogP contribution in [-0.2, 0) is 0 Å². The molecule has 2 N–H and O–H groups in total. The molecule has 14 heavy (non-hydrogen) atoms. The van der Waals surface area contributed by atoms with Crippen LogP contribution >= 0.6 is 0 Å². The number of nitrogens with one attached hydrogen (secondary N) is 2. The van der Waals surface area contributed by atoms with Gasteiger partial charge in [0.25, 0.3) is 0 Å². The molecule has 0 spiro atoms. The molecule has 0 saturated heterocycles. The molecular formula is C11H16N2O. The van der Waals surface area contributed by atoms with Gasteiger partial charge in [-0.15, -0.1) is 0 Å². The predicted molar refractivity (Wildman–Crippen MR) is 58.5 cm³/mol. The Balaban J connectivity index is 2.56. The summed E-state index contributed by atoms with van der Waals surface area (Å²) < 4.78 is 0. The molecule has 3 heteroatoms. The highest BCUT2D eigenvalue weighted by atomic mass is 16.2. The van der Waals surface area contributed by atoms with E-state index >= 15 is 0 Å². The van der Waals surface area contributed by atoms with Gasteiger partial charge in [-0.1, -0.05) is 12.1 Å². The number of hydrogen-bond acceptors (Lipinski definition) is 1. The lowest BCUT2D eigenvalue weighted by Crippen LogP contribution is -2.34. The van der Waals surface area contributed by atoms with Crippen molar-refractivity contribution in [3.05, 3.63) is 29.8 Å². The van der Waals surface area contributed by atoms with Crippen molar-refractivity contribution in [2.75, 3.05) is 5.32 Å². The zero-order valence-electron chi connectivity index (χ0n) is 8.79. The van der Waals surface area contributed by atoms with E-state index in [1.165, 1.54) is 0 Å². The van der Waals surface area contributed by atoms with Crippen LogP contribution in [0.1, 0.15) is 19.4 Å². The fraction of sp³-hybridized carbons (Fsp3) is 0.364. The third-order valence-corrected chi connectivity index (χ3v) is 1.70. The molecule has 0 aliphatic carbocycles. The molecule has 3 nitrogen and oxygen atoms in total. The van der Waals surface area contributed by atoms with Crippen molar-refractivity contribution in [1.29, 1.82) is 0 Å². The summed E-state index contributed by atoms with van der Waals surface area (Å²) in [4.78, 5) is 11.3. The highest BCUT2D eigenvalue weighted by Crippen LogP contribution is 2.08. The summed E-state index contributed by atoms with van der Waals surface area (Å²) in [6.07, 6.45) is 0. The number of amides is 2. The third-order valence-electron chi connectivity index (χ3n) is 1.70. The van der Waals surface area contributed by atoms with Crippen LogP contribution in [0.25, 0.3) is 0 Å². The summed E-state index contributed by atoms with van der Waals surface area (Å²) >= 11 is 0. The van der Waals surface area contributed by atoms with E-state index < -0.39 is 0 Å². The van der Waals surface area contributed by atoms with Gasteiger partial charge >= 0.3 is 6.03 Å². The van der Waals surface area contributed by atoms with Crippen LogP contribution in [0.4, 0.5) is 10.5 Å². The topological polar surface area (TPSA) is 41.1 Å². The lowest BCUT2D eigenvalue weighted by molar-refractivity contribution is 0.250. The van der Waals surface area contributed by atoms with E-state index in [1.54, 1.807) is 0 Å². The summed E-state index contributed by atoms with van der Waals surface area (Å²) in [5.41, 5.74) is 1.95. The summed E-state index contributed by atoms with van der Waals surface area (Å²) in [5.74, 6) is 0. The Hall–Kier alpha value is -1.51. The zero-order chi connectivity index (χ0) is 10.6. The van der Waals surface area contributed by atoms with Crippen molar-refractivity contribution < 1.29 is 4.79 Å². The van der Waals surface area contributed by atoms with E-state index in [-0.39, 0.29) is 12.1 Å². The van der Waals surface area contributed by atoms with Crippen molar-refractivity contribution in [2.45, 2.75) is 26.8 Å². The Morgan fingerprint density at radius 2 is 2.07 bits per heavy atom. The monoisotopic (exact) mass is 192 g/mol. The summed E-state index contributed by atoms with van der Waals surface area (Å²) in [6, 6.07) is 7.70. The maximum atomic E-state index is 11.3. The quantitative estimate of drug-likeness (QED) is 0.742. The Kier molecular flexibility index (Phi) is 3.51. The second-order valence-electron chi connectivity index (χ2n) is 3.62. The Morgan fingerprint density at radius 3 is 2.64 bits per heavy atom. The van der Waals surface area contributed by atoms with Crippen LogP contribution < -0.4 is 10.6 Å². The van der Waals surface area contributed by atoms with Crippen LogP contribution in [0.5, 0.6) is 0 Å². The van der Waals surface area contributed by atoms with E-state index in [9.17, 15) is 4.79 Å². The van der Waals surface area contributed by atoms with Gasteiger partial charge in [0, 0.05) is 11.7 Å². The first kappa shape index (κ1) is 10.6. The first-order valence-electron chi connectivity index (χ1n) is 4.72. The predicted octanol–water partition coefficient (Wildman–Crippen LogP) is 2.52. The van der Waals surface area contributed by atoms with E-state index in [4.69, 9.17) is 0 Å². The van der Waals surface area contributed by atoms with Gasteiger partial charge in [0.15, 0.2) is 0 Å². The minimum Gasteiger partial charge on any atom is -0.336 e. The molecule has 2 amide bonds. The van der Waals surface area contributed by atoms with E-state index in [1.807, 2.05) is 45.0 Å². The molecule has 1 aromatic rings. The third kappa shape index (κ3) is 3.47. The first-order chi connectivity index (χ1) is 6.58. The Morgan fingerprint density at radius 1 is 1.36 bits per heavy atom. The molecule has 0 radical (unpaired) electrons. The normalized spacial score (nSPS) is 10.0. The van der Waals surface area contributed by atoms with Crippen molar-refractivity contribution in [3.63, 3.8) is 0 Å². The highest BCUT2D eigenvalue weighted by Gasteiger charge is 2.02. The molecule has 0 bridgehead atoms. The molecule has 0 aliphatic rings. The molecule has 0 unspecified atom stereocenters. The standard InChI is InChI=1S/C11H16N2O/c1-8(2)12-11(14)13-10-6-4-5-9(3)7-10/h4-8H,1-3H3,(H2,12,13,14). The lowest BCUT2D eigenvalue weighted by Gasteiger charge is -2.10. The molecular weight excluding hydrogens is 176 g/mol. The van der Waals surface area contributed by atoms with Gasteiger partial charge < -0.3 is 10.6 Å². The number of aryl methyl sites for hydroxylation is 1. The molecule has 0 saturated carbocycles. The van der Waals surface area contributed by atoms with Crippen molar-refractivity contribution in [3.8, 4) is 0 Å². The van der Waals surface area contributed by atoms with E-state index in [2.05, 4.69) is 10.6 Å². The second-order valence-corrected chi connectivity index (χ2v) is 3.62. The van der Waals surface area contributed by atoms with Gasteiger partial charge in [-0.3, -0.25) is 0 Å². The summed E-state index contributed by atoms with van der Waals surface area (Å²) in [5, 5.41) is 5.52. The van der Waals surface area contributed by atoms with Gasteiger partial charge in [-0.05, 0) is 38.5 Å². The SMILES string of the molecule is Cc1cccc(NC(=O)NC(C)C)c1. The molecule has 0 atom stereocenters. The van der Waals surface area contributed by atoms with Gasteiger partial charge in [0.2, 0.25) is 0 Å². The fourth-order valence-electron chi connectivity index (χ4n) is 1.15. The number of carbonyl (C=O) groups excluding carboxylic acids is 1. The average molecular weight is 192 g/mol. The summed E-state index contributed by atoms with van der Waals surface area (Å²) in [7, 11) is 0. The summed E-state index contributed by atoms with van der Waals surface area (Å²) in [6.45, 7) is 5.84. The molecule has 0 aromatic heterocycles. The first-order valence-corrected chi connectivity index (χ1v) is 4.72. The van der Waals surface area contributed by atoms with Gasteiger partial charge in [0.1, 0.15) is 0 Å². The number of benzene rings is 1. The molecule has 76 valence electrons. The van der Waals surface area contributed by atoms with Crippen molar-refractivity contribution >= 4 is 11.7 Å². The number of urea groups is 1. The van der Waals surface area contributed by atoms with Gasteiger partial charge in [-0.25, -0.2) is 4.79 Å². The zero-order valence-corrected chi connectivity index (χ0v) is 8.79. The van der Waals surface area contributed by atoms with Crippen LogP contribution in [0.2, 0.25) is 0 Å². The Bertz CT molecular complexity index is 321. The van der Waals surface area contributed by atoms with Crippen molar-refractivity contribution in [1.82, 2.24) is 5.32 Å². The van der Waals surface area contributed by atoms with Crippen LogP contribution in [0.3, 0.4) is 0 Å². The second kappa shape index (κ2) is 4.65. The lowest BCUT2D eigenvalue weighted by atomic mass is 10.2. The highest BCUT2D eigenvalue weighted by molar-refractivity contribution is 5.89. The van der Waals surface area contributed by atoms with E-state index in [0.717, 1.165) is 11.3 Å². The number of carbonyl (C=O) groups is 1. The maximum absolute atomic E-state index is 11.3. The molecule has 0 fully saturated rings. The smallest absolute Gasteiger partial charge is 0.319 e. The average Bonchev–Trinajstić information content (AvgIpc) is 2.01.